The summed E-state index contributed by atoms with van der Waals surface area (Å²) in [7, 11) is 1.72. The fourth-order valence-corrected chi connectivity index (χ4v) is 2.68. The molecule has 1 amide bonds. The number of benzene rings is 1. The molecule has 0 saturated heterocycles. The fourth-order valence-electron chi connectivity index (χ4n) is 2.68. The largest absolute Gasteiger partial charge is 0.493 e. The number of nitrogens with one attached hydrogen (secondary N) is 1. The number of nitrogens with zero attached hydrogens (tertiary/aromatic N) is 2. The molecule has 0 spiro atoms. The molecule has 1 N–H and O–H groups in total. The van der Waals surface area contributed by atoms with Crippen molar-refractivity contribution in [2.24, 2.45) is 7.05 Å². The molecule has 0 saturated carbocycles. The molecule has 1 atom stereocenters. The summed E-state index contributed by atoms with van der Waals surface area (Å²) in [6.07, 6.45) is 0.0131. The Morgan fingerprint density at radius 2 is 1.93 bits per heavy atom. The van der Waals surface area contributed by atoms with Crippen molar-refractivity contribution in [2.75, 3.05) is 18.5 Å². The van der Waals surface area contributed by atoms with Gasteiger partial charge in [-0.1, -0.05) is 18.2 Å². The Labute approximate surface area is 161 Å². The van der Waals surface area contributed by atoms with Gasteiger partial charge in [-0.15, -0.1) is 0 Å². The SMILES string of the molecule is Cc1c(NC(=O)[C@@H](C)OC(=O)C2=COCCO2)c(=O)n(-c2ccccc2)n1C. The number of aromatic nitrogens is 2. The van der Waals surface area contributed by atoms with Gasteiger partial charge in [0.15, 0.2) is 6.10 Å². The van der Waals surface area contributed by atoms with Crippen molar-refractivity contribution >= 4 is 17.6 Å². The highest BCUT2D eigenvalue weighted by molar-refractivity contribution is 5.96. The number of hydrogen-bond donors (Lipinski definition) is 1. The first-order valence-electron chi connectivity index (χ1n) is 8.70. The molecule has 9 heteroatoms. The van der Waals surface area contributed by atoms with Crippen LogP contribution in [0, 0.1) is 6.92 Å². The van der Waals surface area contributed by atoms with Crippen LogP contribution in [-0.2, 0) is 30.8 Å². The molecule has 2 heterocycles. The van der Waals surface area contributed by atoms with Gasteiger partial charge in [-0.2, -0.15) is 0 Å². The van der Waals surface area contributed by atoms with Gasteiger partial charge < -0.3 is 19.5 Å². The van der Waals surface area contributed by atoms with E-state index in [1.54, 1.807) is 30.8 Å². The number of anilines is 1. The lowest BCUT2D eigenvalue weighted by Crippen LogP contribution is -2.33. The van der Waals surface area contributed by atoms with E-state index in [0.29, 0.717) is 18.0 Å². The number of carbonyl (C=O) groups excluding carboxylic acids is 2. The quantitative estimate of drug-likeness (QED) is 0.775. The molecule has 1 aliphatic heterocycles. The number of hydrogen-bond acceptors (Lipinski definition) is 6. The van der Waals surface area contributed by atoms with E-state index in [2.05, 4.69) is 5.32 Å². The molecule has 9 nitrogen and oxygen atoms in total. The van der Waals surface area contributed by atoms with Crippen molar-refractivity contribution < 1.29 is 23.8 Å². The summed E-state index contributed by atoms with van der Waals surface area (Å²) in [5.41, 5.74) is 0.965. The third-order valence-corrected chi connectivity index (χ3v) is 4.31. The van der Waals surface area contributed by atoms with Gasteiger partial charge in [0, 0.05) is 7.05 Å². The second kappa shape index (κ2) is 8.03. The molecular formula is C19H21N3O6. The van der Waals surface area contributed by atoms with E-state index < -0.39 is 18.0 Å². The second-order valence-corrected chi connectivity index (χ2v) is 6.17. The molecule has 1 aromatic heterocycles. The summed E-state index contributed by atoms with van der Waals surface area (Å²) in [4.78, 5) is 37.3. The zero-order valence-corrected chi connectivity index (χ0v) is 15.8. The predicted octanol–water partition coefficient (Wildman–Crippen LogP) is 1.24. The lowest BCUT2D eigenvalue weighted by Gasteiger charge is -2.17. The van der Waals surface area contributed by atoms with Crippen molar-refractivity contribution in [1.82, 2.24) is 9.36 Å². The number of carbonyl (C=O) groups is 2. The maximum absolute atomic E-state index is 12.8. The number of amides is 1. The molecule has 0 aliphatic carbocycles. The van der Waals surface area contributed by atoms with Crippen molar-refractivity contribution in [3.8, 4) is 5.69 Å². The zero-order valence-electron chi connectivity index (χ0n) is 15.8. The van der Waals surface area contributed by atoms with Gasteiger partial charge >= 0.3 is 5.97 Å². The molecule has 0 fully saturated rings. The normalized spacial score (nSPS) is 14.3. The van der Waals surface area contributed by atoms with E-state index in [0.717, 1.165) is 6.26 Å². The van der Waals surface area contributed by atoms with Gasteiger partial charge in [0.1, 0.15) is 25.2 Å². The van der Waals surface area contributed by atoms with Crippen LogP contribution in [0.25, 0.3) is 5.69 Å². The van der Waals surface area contributed by atoms with Crippen molar-refractivity contribution in [1.29, 1.82) is 0 Å². The van der Waals surface area contributed by atoms with Gasteiger partial charge in [0.05, 0.1) is 11.4 Å². The molecule has 0 radical (unpaired) electrons. The molecule has 2 aromatic rings. The predicted molar refractivity (Wildman–Crippen MR) is 99.9 cm³/mol. The minimum atomic E-state index is -1.14. The summed E-state index contributed by atoms with van der Waals surface area (Å²) in [6.45, 7) is 3.69. The van der Waals surface area contributed by atoms with Crippen molar-refractivity contribution in [3.63, 3.8) is 0 Å². The average molecular weight is 387 g/mol. The molecule has 0 bridgehead atoms. The Balaban J connectivity index is 1.76. The monoisotopic (exact) mass is 387 g/mol. The third kappa shape index (κ3) is 3.78. The van der Waals surface area contributed by atoms with Gasteiger partial charge in [0.2, 0.25) is 5.76 Å². The molecule has 3 rings (SSSR count). The van der Waals surface area contributed by atoms with Crippen LogP contribution in [0.15, 0.2) is 47.1 Å². The highest BCUT2D eigenvalue weighted by atomic mass is 16.6. The van der Waals surface area contributed by atoms with Gasteiger partial charge in [-0.3, -0.25) is 14.3 Å². The first-order valence-corrected chi connectivity index (χ1v) is 8.70. The van der Waals surface area contributed by atoms with Crippen LogP contribution in [0.5, 0.6) is 0 Å². The maximum atomic E-state index is 12.8. The molecule has 0 unspecified atom stereocenters. The second-order valence-electron chi connectivity index (χ2n) is 6.17. The summed E-state index contributed by atoms with van der Waals surface area (Å²) in [5, 5.41) is 2.56. The Morgan fingerprint density at radius 3 is 2.57 bits per heavy atom. The highest BCUT2D eigenvalue weighted by Crippen LogP contribution is 2.15. The van der Waals surface area contributed by atoms with Crippen molar-refractivity contribution in [3.05, 3.63) is 58.4 Å². The number of esters is 1. The number of rotatable bonds is 5. The van der Waals surface area contributed by atoms with Crippen LogP contribution in [0.3, 0.4) is 0 Å². The van der Waals surface area contributed by atoms with Crippen LogP contribution in [0.2, 0.25) is 0 Å². The van der Waals surface area contributed by atoms with Crippen LogP contribution in [0.4, 0.5) is 5.69 Å². The van der Waals surface area contributed by atoms with Gasteiger partial charge in [0.25, 0.3) is 11.5 Å². The average Bonchev–Trinajstić information content (AvgIpc) is 2.92. The number of ether oxygens (including phenoxy) is 3. The van der Waals surface area contributed by atoms with E-state index in [4.69, 9.17) is 14.2 Å². The lowest BCUT2D eigenvalue weighted by molar-refractivity contribution is -0.153. The van der Waals surface area contributed by atoms with Crippen LogP contribution in [0.1, 0.15) is 12.6 Å². The van der Waals surface area contributed by atoms with Crippen LogP contribution in [-0.4, -0.2) is 40.6 Å². The molecule has 1 aromatic carbocycles. The minimum Gasteiger partial charge on any atom is -0.493 e. The van der Waals surface area contributed by atoms with E-state index >= 15 is 0 Å². The van der Waals surface area contributed by atoms with E-state index in [-0.39, 0.29) is 23.6 Å². The standard InChI is InChI=1S/C19H21N3O6/c1-12-16(18(24)22(21(12)3)14-7-5-4-6-8-14)20-17(23)13(2)28-19(25)15-11-26-9-10-27-15/h4-8,11,13H,9-10H2,1-3H3,(H,20,23)/t13-/m1/s1. The Bertz CT molecular complexity index is 974. The summed E-state index contributed by atoms with van der Waals surface area (Å²) in [5.74, 6) is -1.54. The maximum Gasteiger partial charge on any atom is 0.377 e. The zero-order chi connectivity index (χ0) is 20.3. The fraction of sp³-hybridized carbons (Fsp3) is 0.316. The Kier molecular flexibility index (Phi) is 5.53. The van der Waals surface area contributed by atoms with Gasteiger partial charge in [-0.05, 0) is 26.0 Å². The lowest BCUT2D eigenvalue weighted by atomic mass is 10.3. The Morgan fingerprint density at radius 1 is 1.21 bits per heavy atom. The molecular weight excluding hydrogens is 366 g/mol. The van der Waals surface area contributed by atoms with E-state index in [1.165, 1.54) is 11.6 Å². The molecule has 148 valence electrons. The van der Waals surface area contributed by atoms with E-state index in [9.17, 15) is 14.4 Å². The molecule has 1 aliphatic rings. The minimum absolute atomic E-state index is 0.103. The van der Waals surface area contributed by atoms with Gasteiger partial charge in [-0.25, -0.2) is 9.48 Å². The third-order valence-electron chi connectivity index (χ3n) is 4.31. The number of para-hydroxylation sites is 1. The Hall–Kier alpha value is -3.49. The van der Waals surface area contributed by atoms with Crippen LogP contribution >= 0.6 is 0 Å². The van der Waals surface area contributed by atoms with Crippen molar-refractivity contribution in [2.45, 2.75) is 20.0 Å². The smallest absolute Gasteiger partial charge is 0.377 e. The highest BCUT2D eigenvalue weighted by Gasteiger charge is 2.25. The first kappa shape index (κ1) is 19.3. The molecule has 28 heavy (non-hydrogen) atoms. The summed E-state index contributed by atoms with van der Waals surface area (Å²) < 4.78 is 18.3. The van der Waals surface area contributed by atoms with E-state index in [1.807, 2.05) is 18.2 Å². The van der Waals surface area contributed by atoms with Crippen LogP contribution < -0.4 is 10.9 Å². The summed E-state index contributed by atoms with van der Waals surface area (Å²) in [6, 6.07) is 9.05. The topological polar surface area (TPSA) is 101 Å². The summed E-state index contributed by atoms with van der Waals surface area (Å²) >= 11 is 0. The first-order chi connectivity index (χ1) is 13.4.